The van der Waals surface area contributed by atoms with Crippen LogP contribution in [0.5, 0.6) is 0 Å². The molecule has 1 aromatic carbocycles. The Bertz CT molecular complexity index is 668. The highest BCUT2D eigenvalue weighted by Gasteiger charge is 2.18. The zero-order chi connectivity index (χ0) is 16.2. The van der Waals surface area contributed by atoms with Crippen LogP contribution in [0.15, 0.2) is 30.3 Å². The number of rotatable bonds is 5. The molecule has 1 aliphatic heterocycles. The Morgan fingerprint density at radius 1 is 1.17 bits per heavy atom. The van der Waals surface area contributed by atoms with E-state index >= 15 is 0 Å². The quantitative estimate of drug-likeness (QED) is 0.918. The van der Waals surface area contributed by atoms with E-state index in [-0.39, 0.29) is 0 Å². The average molecular weight is 311 g/mol. The SMILES string of the molecule is Cc1cc(N2CCc3ccccc3C2)nc(NCCN(C)C)n1. The number of benzene rings is 1. The molecule has 0 unspecified atom stereocenters. The van der Waals surface area contributed by atoms with Gasteiger partial charge in [-0.15, -0.1) is 0 Å². The summed E-state index contributed by atoms with van der Waals surface area (Å²) in [4.78, 5) is 13.7. The second-order valence-electron chi connectivity index (χ2n) is 6.36. The Hall–Kier alpha value is -2.14. The summed E-state index contributed by atoms with van der Waals surface area (Å²) in [6, 6.07) is 10.8. The van der Waals surface area contributed by atoms with Crippen LogP contribution in [0.25, 0.3) is 0 Å². The van der Waals surface area contributed by atoms with Gasteiger partial charge in [0.05, 0.1) is 0 Å². The molecular formula is C18H25N5. The van der Waals surface area contributed by atoms with Gasteiger partial charge in [-0.1, -0.05) is 24.3 Å². The van der Waals surface area contributed by atoms with Crippen LogP contribution < -0.4 is 10.2 Å². The number of nitrogens with zero attached hydrogens (tertiary/aromatic N) is 4. The molecule has 0 fully saturated rings. The molecule has 0 saturated heterocycles. The Morgan fingerprint density at radius 3 is 2.74 bits per heavy atom. The minimum Gasteiger partial charge on any atom is -0.353 e. The second kappa shape index (κ2) is 6.96. The number of anilines is 2. The topological polar surface area (TPSA) is 44.3 Å². The van der Waals surface area contributed by atoms with E-state index in [1.807, 2.05) is 6.92 Å². The first-order valence-electron chi connectivity index (χ1n) is 8.18. The molecule has 0 saturated carbocycles. The average Bonchev–Trinajstić information content (AvgIpc) is 2.53. The van der Waals surface area contributed by atoms with Crippen molar-refractivity contribution < 1.29 is 0 Å². The maximum Gasteiger partial charge on any atom is 0.224 e. The van der Waals surface area contributed by atoms with Gasteiger partial charge in [-0.2, -0.15) is 4.98 Å². The summed E-state index contributed by atoms with van der Waals surface area (Å²) >= 11 is 0. The number of aryl methyl sites for hydroxylation is 1. The first-order chi connectivity index (χ1) is 11.1. The molecule has 2 heterocycles. The lowest BCUT2D eigenvalue weighted by molar-refractivity contribution is 0.425. The van der Waals surface area contributed by atoms with Crippen LogP contribution in [0.1, 0.15) is 16.8 Å². The van der Waals surface area contributed by atoms with Crippen molar-refractivity contribution >= 4 is 11.8 Å². The van der Waals surface area contributed by atoms with Gasteiger partial charge in [0.15, 0.2) is 0 Å². The van der Waals surface area contributed by atoms with Crippen molar-refractivity contribution in [2.45, 2.75) is 19.9 Å². The molecule has 1 aliphatic rings. The van der Waals surface area contributed by atoms with Crippen LogP contribution in [0, 0.1) is 6.92 Å². The molecule has 5 nitrogen and oxygen atoms in total. The van der Waals surface area contributed by atoms with Gasteiger partial charge in [-0.05, 0) is 38.6 Å². The second-order valence-corrected chi connectivity index (χ2v) is 6.36. The molecule has 0 radical (unpaired) electrons. The third kappa shape index (κ3) is 3.99. The number of nitrogens with one attached hydrogen (secondary N) is 1. The Kier molecular flexibility index (Phi) is 4.76. The van der Waals surface area contributed by atoms with Crippen LogP contribution in [-0.4, -0.2) is 48.6 Å². The van der Waals surface area contributed by atoms with Crippen molar-refractivity contribution in [1.29, 1.82) is 0 Å². The molecule has 0 spiro atoms. The number of aromatic nitrogens is 2. The van der Waals surface area contributed by atoms with Crippen LogP contribution in [0.2, 0.25) is 0 Å². The summed E-state index contributed by atoms with van der Waals surface area (Å²) in [5, 5.41) is 3.32. The molecular weight excluding hydrogens is 286 g/mol. The maximum atomic E-state index is 4.71. The van der Waals surface area contributed by atoms with Gasteiger partial charge in [0.1, 0.15) is 5.82 Å². The highest BCUT2D eigenvalue weighted by atomic mass is 15.2. The predicted molar refractivity (Wildman–Crippen MR) is 95.0 cm³/mol. The molecule has 0 bridgehead atoms. The lowest BCUT2D eigenvalue weighted by atomic mass is 10.00. The summed E-state index contributed by atoms with van der Waals surface area (Å²) < 4.78 is 0. The van der Waals surface area contributed by atoms with Crippen LogP contribution in [0.4, 0.5) is 11.8 Å². The number of likely N-dealkylation sites (N-methyl/N-ethyl adjacent to an activating group) is 1. The minimum absolute atomic E-state index is 0.723. The Morgan fingerprint density at radius 2 is 1.96 bits per heavy atom. The zero-order valence-corrected chi connectivity index (χ0v) is 14.2. The van der Waals surface area contributed by atoms with Gasteiger partial charge in [-0.3, -0.25) is 0 Å². The van der Waals surface area contributed by atoms with Gasteiger partial charge in [0, 0.05) is 37.9 Å². The lowest BCUT2D eigenvalue weighted by Gasteiger charge is -2.30. The largest absolute Gasteiger partial charge is 0.353 e. The normalized spacial score (nSPS) is 14.0. The summed E-state index contributed by atoms with van der Waals surface area (Å²) in [5.74, 6) is 1.74. The van der Waals surface area contributed by atoms with Crippen molar-refractivity contribution in [2.24, 2.45) is 0 Å². The van der Waals surface area contributed by atoms with Crippen LogP contribution in [-0.2, 0) is 13.0 Å². The summed E-state index contributed by atoms with van der Waals surface area (Å²) in [5.41, 5.74) is 3.86. The third-order valence-corrected chi connectivity index (χ3v) is 4.14. The Labute approximate surface area is 138 Å². The van der Waals surface area contributed by atoms with Gasteiger partial charge < -0.3 is 15.1 Å². The minimum atomic E-state index is 0.723. The van der Waals surface area contributed by atoms with Crippen molar-refractivity contribution in [1.82, 2.24) is 14.9 Å². The van der Waals surface area contributed by atoms with E-state index in [1.54, 1.807) is 0 Å². The fraction of sp³-hybridized carbons (Fsp3) is 0.444. The van der Waals surface area contributed by atoms with Gasteiger partial charge in [0.2, 0.25) is 5.95 Å². The van der Waals surface area contributed by atoms with Gasteiger partial charge in [-0.25, -0.2) is 4.98 Å². The molecule has 0 atom stereocenters. The molecule has 1 N–H and O–H groups in total. The summed E-state index contributed by atoms with van der Waals surface area (Å²) in [7, 11) is 4.13. The molecule has 3 rings (SSSR count). The summed E-state index contributed by atoms with van der Waals surface area (Å²) in [6.07, 6.45) is 1.07. The van der Waals surface area contributed by atoms with E-state index in [9.17, 15) is 0 Å². The Balaban J connectivity index is 1.74. The highest BCUT2D eigenvalue weighted by Crippen LogP contribution is 2.24. The molecule has 1 aromatic heterocycles. The lowest BCUT2D eigenvalue weighted by Crippen LogP contribution is -2.31. The molecule has 0 amide bonds. The maximum absolute atomic E-state index is 4.71. The monoisotopic (exact) mass is 311 g/mol. The van der Waals surface area contributed by atoms with E-state index in [4.69, 9.17) is 4.98 Å². The van der Waals surface area contributed by atoms with E-state index in [2.05, 4.69) is 64.5 Å². The van der Waals surface area contributed by atoms with Gasteiger partial charge in [0.25, 0.3) is 0 Å². The standard InChI is InChI=1S/C18H25N5/c1-14-12-17(21-18(20-14)19-9-11-22(2)3)23-10-8-15-6-4-5-7-16(15)13-23/h4-7,12H,8-11,13H2,1-3H3,(H,19,20,21). The van der Waals surface area contributed by atoms with Crippen LogP contribution in [0.3, 0.4) is 0 Å². The van der Waals surface area contributed by atoms with Crippen molar-refractivity contribution in [3.05, 3.63) is 47.2 Å². The molecule has 2 aromatic rings. The van der Waals surface area contributed by atoms with Crippen LogP contribution >= 0.6 is 0 Å². The first kappa shape index (κ1) is 15.7. The van der Waals surface area contributed by atoms with Crippen molar-refractivity contribution in [2.75, 3.05) is 43.9 Å². The fourth-order valence-corrected chi connectivity index (χ4v) is 2.88. The first-order valence-corrected chi connectivity index (χ1v) is 8.18. The molecule has 0 aliphatic carbocycles. The number of hydrogen-bond acceptors (Lipinski definition) is 5. The predicted octanol–water partition coefficient (Wildman–Crippen LogP) is 2.32. The van der Waals surface area contributed by atoms with Gasteiger partial charge >= 0.3 is 0 Å². The molecule has 5 heteroatoms. The zero-order valence-electron chi connectivity index (χ0n) is 14.2. The summed E-state index contributed by atoms with van der Waals surface area (Å²) in [6.45, 7) is 5.76. The van der Waals surface area contributed by atoms with E-state index in [0.717, 1.165) is 50.1 Å². The number of hydrogen-bond donors (Lipinski definition) is 1. The van der Waals surface area contributed by atoms with Crippen molar-refractivity contribution in [3.63, 3.8) is 0 Å². The fourth-order valence-electron chi connectivity index (χ4n) is 2.88. The molecule has 23 heavy (non-hydrogen) atoms. The highest BCUT2D eigenvalue weighted by molar-refractivity contribution is 5.48. The third-order valence-electron chi connectivity index (χ3n) is 4.14. The van der Waals surface area contributed by atoms with E-state index in [0.29, 0.717) is 0 Å². The van der Waals surface area contributed by atoms with E-state index in [1.165, 1.54) is 11.1 Å². The smallest absolute Gasteiger partial charge is 0.224 e. The number of fused-ring (bicyclic) bond motifs is 1. The van der Waals surface area contributed by atoms with E-state index < -0.39 is 0 Å². The molecule has 122 valence electrons. The van der Waals surface area contributed by atoms with Crippen molar-refractivity contribution in [3.8, 4) is 0 Å².